The predicted octanol–water partition coefficient (Wildman–Crippen LogP) is 4.55. The lowest BCUT2D eigenvalue weighted by Gasteiger charge is -2.20. The third-order valence-electron chi connectivity index (χ3n) is 4.31. The number of thiazole rings is 1. The number of nitrogens with zero attached hydrogens (tertiary/aromatic N) is 2. The number of anilines is 1. The van der Waals surface area contributed by atoms with Gasteiger partial charge in [0.1, 0.15) is 16.5 Å². The first kappa shape index (κ1) is 22.4. The number of sulfonamides is 1. The van der Waals surface area contributed by atoms with Crippen LogP contribution >= 0.6 is 22.7 Å². The second-order valence-corrected chi connectivity index (χ2v) is 9.89. The fraction of sp³-hybridized carbons (Fsp3) is 0.300. The molecule has 0 unspecified atom stereocenters. The Morgan fingerprint density at radius 1 is 1.17 bits per heavy atom. The Morgan fingerprint density at radius 3 is 2.57 bits per heavy atom. The van der Waals surface area contributed by atoms with E-state index >= 15 is 0 Å². The minimum absolute atomic E-state index is 0.0995. The Morgan fingerprint density at radius 2 is 1.93 bits per heavy atom. The van der Waals surface area contributed by atoms with Crippen molar-refractivity contribution < 1.29 is 17.9 Å². The standard InChI is InChI=1S/C20H23N3O4S3/c1-4-23(5-2)30(25,26)14-9-10-17(27-6-3)15(12-14)21-19(24)16-13-29-20(22-16)18-8-7-11-28-18/h7-13H,4-6H2,1-3H3,(H,21,24). The molecule has 1 aromatic carbocycles. The Kier molecular flexibility index (Phi) is 7.24. The molecule has 0 fully saturated rings. The van der Waals surface area contributed by atoms with E-state index < -0.39 is 15.9 Å². The Balaban J connectivity index is 1.91. The maximum absolute atomic E-state index is 12.9. The fourth-order valence-corrected chi connectivity index (χ4v) is 5.94. The van der Waals surface area contributed by atoms with Crippen molar-refractivity contribution in [2.24, 2.45) is 0 Å². The number of rotatable bonds is 9. The number of amides is 1. The van der Waals surface area contributed by atoms with Crippen LogP contribution in [0.3, 0.4) is 0 Å². The van der Waals surface area contributed by atoms with Crippen LogP contribution in [0.5, 0.6) is 5.75 Å². The van der Waals surface area contributed by atoms with Gasteiger partial charge in [0.2, 0.25) is 10.0 Å². The predicted molar refractivity (Wildman–Crippen MR) is 121 cm³/mol. The molecule has 0 saturated heterocycles. The zero-order valence-electron chi connectivity index (χ0n) is 16.9. The Bertz CT molecular complexity index is 1100. The number of benzene rings is 1. The van der Waals surface area contributed by atoms with E-state index in [9.17, 15) is 13.2 Å². The van der Waals surface area contributed by atoms with Crippen molar-refractivity contribution in [2.45, 2.75) is 25.7 Å². The number of carbonyl (C=O) groups excluding carboxylic acids is 1. The van der Waals surface area contributed by atoms with Gasteiger partial charge in [0, 0.05) is 18.5 Å². The second kappa shape index (κ2) is 9.69. The first-order valence-corrected chi connectivity index (χ1v) is 12.7. The quantitative estimate of drug-likeness (QED) is 0.501. The molecule has 0 atom stereocenters. The van der Waals surface area contributed by atoms with Gasteiger partial charge in [-0.1, -0.05) is 19.9 Å². The average molecular weight is 466 g/mol. The van der Waals surface area contributed by atoms with Gasteiger partial charge in [-0.15, -0.1) is 22.7 Å². The summed E-state index contributed by atoms with van der Waals surface area (Å²) in [5.74, 6) is -0.0227. The lowest BCUT2D eigenvalue weighted by atomic mass is 10.2. The summed E-state index contributed by atoms with van der Waals surface area (Å²) in [6.07, 6.45) is 0. The SMILES string of the molecule is CCOc1ccc(S(=O)(=O)N(CC)CC)cc1NC(=O)c1csc(-c2cccs2)n1. The van der Waals surface area contributed by atoms with Crippen molar-refractivity contribution in [1.82, 2.24) is 9.29 Å². The third kappa shape index (κ3) is 4.72. The maximum Gasteiger partial charge on any atom is 0.275 e. The van der Waals surface area contributed by atoms with E-state index in [2.05, 4.69) is 10.3 Å². The highest BCUT2D eigenvalue weighted by Gasteiger charge is 2.24. The smallest absolute Gasteiger partial charge is 0.275 e. The lowest BCUT2D eigenvalue weighted by Crippen LogP contribution is -2.30. The molecule has 0 aliphatic heterocycles. The van der Waals surface area contributed by atoms with Crippen LogP contribution in [0.15, 0.2) is 46.0 Å². The molecule has 1 amide bonds. The summed E-state index contributed by atoms with van der Waals surface area (Å²) >= 11 is 2.93. The van der Waals surface area contributed by atoms with Gasteiger partial charge in [-0.25, -0.2) is 13.4 Å². The minimum Gasteiger partial charge on any atom is -0.492 e. The number of nitrogens with one attached hydrogen (secondary N) is 1. The summed E-state index contributed by atoms with van der Waals surface area (Å²) in [6, 6.07) is 8.36. The molecule has 3 rings (SSSR count). The summed E-state index contributed by atoms with van der Waals surface area (Å²) in [4.78, 5) is 18.3. The van der Waals surface area contributed by atoms with Crippen LogP contribution in [0.25, 0.3) is 9.88 Å². The number of hydrogen-bond acceptors (Lipinski definition) is 7. The number of ether oxygens (including phenoxy) is 1. The molecule has 0 spiro atoms. The van der Waals surface area contributed by atoms with Crippen LogP contribution in [0.2, 0.25) is 0 Å². The van der Waals surface area contributed by atoms with Crippen LogP contribution in [-0.4, -0.2) is 43.3 Å². The van der Waals surface area contributed by atoms with Gasteiger partial charge in [-0.05, 0) is 36.6 Å². The van der Waals surface area contributed by atoms with Gasteiger partial charge >= 0.3 is 0 Å². The van der Waals surface area contributed by atoms with Crippen molar-refractivity contribution >= 4 is 44.3 Å². The molecule has 10 heteroatoms. The molecule has 3 aromatic rings. The van der Waals surface area contributed by atoms with Gasteiger partial charge in [0.15, 0.2) is 0 Å². The second-order valence-electron chi connectivity index (χ2n) is 6.15. The van der Waals surface area contributed by atoms with E-state index in [-0.39, 0.29) is 10.6 Å². The van der Waals surface area contributed by atoms with Crippen molar-refractivity contribution in [3.05, 3.63) is 46.8 Å². The topological polar surface area (TPSA) is 88.6 Å². The van der Waals surface area contributed by atoms with Gasteiger partial charge in [0.05, 0.1) is 22.1 Å². The molecule has 30 heavy (non-hydrogen) atoms. The van der Waals surface area contributed by atoms with Crippen LogP contribution in [0, 0.1) is 0 Å². The normalized spacial score (nSPS) is 11.6. The minimum atomic E-state index is -3.67. The molecule has 1 N–H and O–H groups in total. The van der Waals surface area contributed by atoms with E-state index in [0.717, 1.165) is 9.88 Å². The van der Waals surface area contributed by atoms with Gasteiger partial charge in [-0.3, -0.25) is 4.79 Å². The maximum atomic E-state index is 12.9. The molecular weight excluding hydrogens is 442 g/mol. The molecule has 7 nitrogen and oxygen atoms in total. The molecule has 2 heterocycles. The molecule has 160 valence electrons. The first-order chi connectivity index (χ1) is 14.4. The first-order valence-electron chi connectivity index (χ1n) is 9.48. The number of hydrogen-bond donors (Lipinski definition) is 1. The zero-order chi connectivity index (χ0) is 21.7. The van der Waals surface area contributed by atoms with Crippen molar-refractivity contribution in [3.63, 3.8) is 0 Å². The van der Waals surface area contributed by atoms with Crippen LogP contribution in [0.4, 0.5) is 5.69 Å². The van der Waals surface area contributed by atoms with Crippen LogP contribution < -0.4 is 10.1 Å². The summed E-state index contributed by atoms with van der Waals surface area (Å²) < 4.78 is 32.7. The molecule has 2 aromatic heterocycles. The molecule has 0 radical (unpaired) electrons. The van der Waals surface area contributed by atoms with Gasteiger partial charge in [0.25, 0.3) is 5.91 Å². The highest BCUT2D eigenvalue weighted by atomic mass is 32.2. The highest BCUT2D eigenvalue weighted by molar-refractivity contribution is 7.89. The summed E-state index contributed by atoms with van der Waals surface area (Å²) in [5.41, 5.74) is 0.559. The van der Waals surface area contributed by atoms with E-state index in [1.54, 1.807) is 36.6 Å². The third-order valence-corrected chi connectivity index (χ3v) is 8.24. The van der Waals surface area contributed by atoms with Gasteiger partial charge < -0.3 is 10.1 Å². The summed E-state index contributed by atoms with van der Waals surface area (Å²) in [6.45, 7) is 6.48. The molecule has 0 bridgehead atoms. The van der Waals surface area contributed by atoms with Crippen molar-refractivity contribution in [2.75, 3.05) is 25.0 Å². The molecule has 0 aliphatic rings. The zero-order valence-corrected chi connectivity index (χ0v) is 19.4. The highest BCUT2D eigenvalue weighted by Crippen LogP contribution is 2.31. The van der Waals surface area contributed by atoms with Crippen molar-refractivity contribution in [1.29, 1.82) is 0 Å². The van der Waals surface area contributed by atoms with E-state index in [1.807, 2.05) is 24.4 Å². The van der Waals surface area contributed by atoms with Crippen molar-refractivity contribution in [3.8, 4) is 15.6 Å². The monoisotopic (exact) mass is 465 g/mol. The molecule has 0 saturated carbocycles. The molecule has 0 aliphatic carbocycles. The largest absolute Gasteiger partial charge is 0.492 e. The van der Waals surface area contributed by atoms with Gasteiger partial charge in [-0.2, -0.15) is 4.31 Å². The van der Waals surface area contributed by atoms with Crippen LogP contribution in [-0.2, 0) is 10.0 Å². The number of carbonyl (C=O) groups is 1. The van der Waals surface area contributed by atoms with E-state index in [1.165, 1.54) is 27.8 Å². The van der Waals surface area contributed by atoms with E-state index in [0.29, 0.717) is 31.1 Å². The summed E-state index contributed by atoms with van der Waals surface area (Å²) in [5, 5.41) is 7.15. The lowest BCUT2D eigenvalue weighted by molar-refractivity contribution is 0.102. The Hall–Kier alpha value is -2.27. The number of aromatic nitrogens is 1. The average Bonchev–Trinajstić information content (AvgIpc) is 3.42. The van der Waals surface area contributed by atoms with Crippen LogP contribution in [0.1, 0.15) is 31.3 Å². The fourth-order valence-electron chi connectivity index (χ4n) is 2.84. The number of thiophene rings is 1. The summed E-state index contributed by atoms with van der Waals surface area (Å²) in [7, 11) is -3.67. The Labute approximate surface area is 184 Å². The van der Waals surface area contributed by atoms with E-state index in [4.69, 9.17) is 4.74 Å². The molecular formula is C20H23N3O4S3.